The number of aryl methyl sites for hydroxylation is 3. The van der Waals surface area contributed by atoms with E-state index >= 15 is 0 Å². The summed E-state index contributed by atoms with van der Waals surface area (Å²) in [6.45, 7) is 4.08. The summed E-state index contributed by atoms with van der Waals surface area (Å²) in [5.74, 6) is -0.490. The van der Waals surface area contributed by atoms with Gasteiger partial charge in [-0.2, -0.15) is 0 Å². The highest BCUT2D eigenvalue weighted by Gasteiger charge is 2.11. The molecule has 0 heterocycles. The molecular formula is C17H16ClFO. The summed E-state index contributed by atoms with van der Waals surface area (Å²) in [5.41, 5.74) is 3.93. The van der Waals surface area contributed by atoms with Gasteiger partial charge in [0.15, 0.2) is 5.78 Å². The van der Waals surface area contributed by atoms with Gasteiger partial charge in [-0.1, -0.05) is 35.4 Å². The van der Waals surface area contributed by atoms with Crippen LogP contribution >= 0.6 is 11.6 Å². The van der Waals surface area contributed by atoms with E-state index in [1.807, 2.05) is 26.0 Å². The molecule has 0 unspecified atom stereocenters. The van der Waals surface area contributed by atoms with Gasteiger partial charge in [0, 0.05) is 12.0 Å². The Kier molecular flexibility index (Phi) is 4.56. The van der Waals surface area contributed by atoms with Gasteiger partial charge in [-0.05, 0) is 49.6 Å². The molecule has 2 rings (SSSR count). The van der Waals surface area contributed by atoms with Crippen LogP contribution in [0.3, 0.4) is 0 Å². The number of rotatable bonds is 4. The zero-order valence-electron chi connectivity index (χ0n) is 11.5. The molecular weight excluding hydrogens is 275 g/mol. The van der Waals surface area contributed by atoms with Crippen molar-refractivity contribution in [3.8, 4) is 0 Å². The van der Waals surface area contributed by atoms with Gasteiger partial charge in [0.1, 0.15) is 5.82 Å². The number of carbonyl (C=O) groups is 1. The molecule has 20 heavy (non-hydrogen) atoms. The first kappa shape index (κ1) is 14.7. The Balaban J connectivity index is 2.08. The van der Waals surface area contributed by atoms with Crippen LogP contribution < -0.4 is 0 Å². The molecule has 0 aliphatic carbocycles. The average Bonchev–Trinajstić information content (AvgIpc) is 2.37. The van der Waals surface area contributed by atoms with E-state index in [9.17, 15) is 9.18 Å². The highest BCUT2D eigenvalue weighted by molar-refractivity contribution is 6.33. The van der Waals surface area contributed by atoms with Crippen LogP contribution in [0.1, 0.15) is 33.5 Å². The first-order valence-corrected chi connectivity index (χ1v) is 6.89. The minimum atomic E-state index is -0.430. The Morgan fingerprint density at radius 1 is 1.15 bits per heavy atom. The first-order valence-electron chi connectivity index (χ1n) is 6.52. The van der Waals surface area contributed by atoms with Crippen LogP contribution in [0.25, 0.3) is 0 Å². The number of halogens is 2. The number of hydrogen-bond donors (Lipinski definition) is 0. The van der Waals surface area contributed by atoms with E-state index in [0.717, 1.165) is 5.56 Å². The maximum absolute atomic E-state index is 13.0. The molecule has 0 spiro atoms. The molecule has 0 fully saturated rings. The fraction of sp³-hybridized carbons (Fsp3) is 0.235. The second-order valence-corrected chi connectivity index (χ2v) is 5.38. The summed E-state index contributed by atoms with van der Waals surface area (Å²) >= 11 is 5.90. The fourth-order valence-electron chi connectivity index (χ4n) is 2.22. The van der Waals surface area contributed by atoms with Crippen LogP contribution in [-0.4, -0.2) is 5.78 Å². The van der Waals surface area contributed by atoms with E-state index in [-0.39, 0.29) is 10.8 Å². The van der Waals surface area contributed by atoms with Crippen LogP contribution in [0.4, 0.5) is 4.39 Å². The molecule has 0 saturated carbocycles. The molecule has 2 aromatic rings. The Hall–Kier alpha value is -1.67. The van der Waals surface area contributed by atoms with Crippen molar-refractivity contribution in [1.29, 1.82) is 0 Å². The summed E-state index contributed by atoms with van der Waals surface area (Å²) in [6, 6.07) is 10.1. The molecule has 0 radical (unpaired) electrons. The largest absolute Gasteiger partial charge is 0.294 e. The van der Waals surface area contributed by atoms with E-state index in [4.69, 9.17) is 11.6 Å². The molecule has 1 nitrogen and oxygen atoms in total. The van der Waals surface area contributed by atoms with Gasteiger partial charge in [0.05, 0.1) is 5.02 Å². The SMILES string of the molecule is Cc1ccc(CCC(=O)c2ccc(F)cc2Cl)c(C)c1. The van der Waals surface area contributed by atoms with Crippen molar-refractivity contribution < 1.29 is 9.18 Å². The first-order chi connectivity index (χ1) is 9.47. The van der Waals surface area contributed by atoms with Crippen molar-refractivity contribution in [2.45, 2.75) is 26.7 Å². The lowest BCUT2D eigenvalue weighted by molar-refractivity contribution is 0.0983. The Labute approximate surface area is 123 Å². The average molecular weight is 291 g/mol. The Morgan fingerprint density at radius 2 is 1.90 bits per heavy atom. The van der Waals surface area contributed by atoms with Crippen molar-refractivity contribution in [1.82, 2.24) is 0 Å². The van der Waals surface area contributed by atoms with Gasteiger partial charge < -0.3 is 0 Å². The van der Waals surface area contributed by atoms with Crippen LogP contribution in [0.5, 0.6) is 0 Å². The lowest BCUT2D eigenvalue weighted by Crippen LogP contribution is -2.03. The van der Waals surface area contributed by atoms with Crippen molar-refractivity contribution >= 4 is 17.4 Å². The summed E-state index contributed by atoms with van der Waals surface area (Å²) in [6.07, 6.45) is 1.04. The fourth-order valence-corrected chi connectivity index (χ4v) is 2.50. The van der Waals surface area contributed by atoms with Gasteiger partial charge >= 0.3 is 0 Å². The third-order valence-corrected chi connectivity index (χ3v) is 3.66. The minimum Gasteiger partial charge on any atom is -0.294 e. The number of carbonyl (C=O) groups excluding carboxylic acids is 1. The van der Waals surface area contributed by atoms with Crippen molar-refractivity contribution in [2.75, 3.05) is 0 Å². The quantitative estimate of drug-likeness (QED) is 0.731. The molecule has 0 aromatic heterocycles. The minimum absolute atomic E-state index is 0.0602. The summed E-state index contributed by atoms with van der Waals surface area (Å²) in [7, 11) is 0. The molecule has 0 saturated heterocycles. The second-order valence-electron chi connectivity index (χ2n) is 4.98. The molecule has 104 valence electrons. The standard InChI is InChI=1S/C17H16ClFO/c1-11-3-4-13(12(2)9-11)5-8-17(20)15-7-6-14(19)10-16(15)18/h3-4,6-7,9-10H,5,8H2,1-2H3. The summed E-state index contributed by atoms with van der Waals surface area (Å²) in [4.78, 5) is 12.1. The van der Waals surface area contributed by atoms with Gasteiger partial charge in [-0.25, -0.2) is 4.39 Å². The molecule has 0 aliphatic heterocycles. The molecule has 0 N–H and O–H groups in total. The number of benzene rings is 2. The highest BCUT2D eigenvalue weighted by Crippen LogP contribution is 2.20. The molecule has 0 atom stereocenters. The molecule has 2 aromatic carbocycles. The van der Waals surface area contributed by atoms with E-state index < -0.39 is 5.82 Å². The zero-order chi connectivity index (χ0) is 14.7. The van der Waals surface area contributed by atoms with Crippen molar-refractivity contribution in [3.05, 3.63) is 69.5 Å². The second kappa shape index (κ2) is 6.19. The van der Waals surface area contributed by atoms with E-state index in [2.05, 4.69) is 6.07 Å². The van der Waals surface area contributed by atoms with Crippen molar-refractivity contribution in [3.63, 3.8) is 0 Å². The maximum Gasteiger partial charge on any atom is 0.164 e. The predicted octanol–water partition coefficient (Wildman–Crippen LogP) is 4.91. The topological polar surface area (TPSA) is 17.1 Å². The maximum atomic E-state index is 13.0. The van der Waals surface area contributed by atoms with Crippen LogP contribution in [0.2, 0.25) is 5.02 Å². The summed E-state index contributed by atoms with van der Waals surface area (Å²) < 4.78 is 13.0. The molecule has 0 amide bonds. The highest BCUT2D eigenvalue weighted by atomic mass is 35.5. The van der Waals surface area contributed by atoms with E-state index in [0.29, 0.717) is 18.4 Å². The lowest BCUT2D eigenvalue weighted by Gasteiger charge is -2.07. The number of hydrogen-bond acceptors (Lipinski definition) is 1. The van der Waals surface area contributed by atoms with Gasteiger partial charge in [0.2, 0.25) is 0 Å². The molecule has 3 heteroatoms. The third-order valence-electron chi connectivity index (χ3n) is 3.35. The van der Waals surface area contributed by atoms with E-state index in [1.165, 1.54) is 29.3 Å². The Bertz CT molecular complexity index is 649. The number of Topliss-reactive ketones (excluding diaryl/α,β-unsaturated/α-hetero) is 1. The summed E-state index contributed by atoms with van der Waals surface area (Å²) in [5, 5.41) is 0.177. The van der Waals surface area contributed by atoms with Gasteiger partial charge in [-0.3, -0.25) is 4.79 Å². The number of ketones is 1. The van der Waals surface area contributed by atoms with Crippen LogP contribution in [0, 0.1) is 19.7 Å². The monoisotopic (exact) mass is 290 g/mol. The zero-order valence-corrected chi connectivity index (χ0v) is 12.3. The van der Waals surface area contributed by atoms with Gasteiger partial charge in [-0.15, -0.1) is 0 Å². The molecule has 0 aliphatic rings. The predicted molar refractivity (Wildman–Crippen MR) is 80.0 cm³/mol. The third kappa shape index (κ3) is 3.45. The lowest BCUT2D eigenvalue weighted by atomic mass is 9.98. The van der Waals surface area contributed by atoms with E-state index in [1.54, 1.807) is 0 Å². The molecule has 0 bridgehead atoms. The van der Waals surface area contributed by atoms with Crippen LogP contribution in [-0.2, 0) is 6.42 Å². The smallest absolute Gasteiger partial charge is 0.164 e. The normalized spacial score (nSPS) is 10.6. The van der Waals surface area contributed by atoms with Gasteiger partial charge in [0.25, 0.3) is 0 Å². The van der Waals surface area contributed by atoms with Crippen LogP contribution in [0.15, 0.2) is 36.4 Å². The van der Waals surface area contributed by atoms with Crippen molar-refractivity contribution in [2.24, 2.45) is 0 Å². The Morgan fingerprint density at radius 3 is 2.55 bits per heavy atom.